The van der Waals surface area contributed by atoms with E-state index in [0.29, 0.717) is 6.42 Å². The van der Waals surface area contributed by atoms with Crippen molar-refractivity contribution in [3.63, 3.8) is 0 Å². The third-order valence-corrected chi connectivity index (χ3v) is 7.66. The van der Waals surface area contributed by atoms with Crippen LogP contribution in [0.15, 0.2) is 36.5 Å². The normalized spacial score (nSPS) is 13.9. The molecule has 0 bridgehead atoms. The molecule has 0 aliphatic heterocycles. The molecule has 0 spiro atoms. The van der Waals surface area contributed by atoms with Crippen LogP contribution in [0.25, 0.3) is 32.9 Å². The topological polar surface area (TPSA) is 63.1 Å². The van der Waals surface area contributed by atoms with Gasteiger partial charge in [0.2, 0.25) is 0 Å². The van der Waals surface area contributed by atoms with E-state index in [4.69, 9.17) is 9.97 Å². The fourth-order valence-electron chi connectivity index (χ4n) is 6.16. The molecule has 0 amide bonds. The lowest BCUT2D eigenvalue weighted by Crippen LogP contribution is -2.16. The van der Waals surface area contributed by atoms with Gasteiger partial charge in [-0.3, -0.25) is 14.8 Å². The van der Waals surface area contributed by atoms with E-state index in [1.165, 1.54) is 27.6 Å². The van der Waals surface area contributed by atoms with Gasteiger partial charge in [-0.1, -0.05) is 44.9 Å². The van der Waals surface area contributed by atoms with Crippen LogP contribution in [0.1, 0.15) is 79.0 Å². The number of carbonyl (C=O) groups is 1. The average molecular weight is 467 g/mol. The van der Waals surface area contributed by atoms with Crippen molar-refractivity contribution in [3.05, 3.63) is 70.0 Å². The van der Waals surface area contributed by atoms with Gasteiger partial charge in [0.15, 0.2) is 0 Å². The number of hydrogen-bond acceptors (Lipinski definition) is 3. The monoisotopic (exact) mass is 466 g/mol. The molecule has 1 aliphatic carbocycles. The maximum absolute atomic E-state index is 12.6. The summed E-state index contributed by atoms with van der Waals surface area (Å²) < 4.78 is 0. The molecule has 180 valence electrons. The van der Waals surface area contributed by atoms with Gasteiger partial charge in [-0.2, -0.15) is 0 Å². The van der Waals surface area contributed by atoms with Crippen LogP contribution in [0.3, 0.4) is 0 Å². The van der Waals surface area contributed by atoms with Gasteiger partial charge in [-0.25, -0.2) is 0 Å². The third kappa shape index (κ3) is 3.89. The van der Waals surface area contributed by atoms with Crippen LogP contribution in [-0.2, 0) is 24.1 Å². The smallest absolute Gasteiger partial charge is 0.311 e. The molecular weight excluding hydrogens is 432 g/mol. The minimum Gasteiger partial charge on any atom is -0.481 e. The quantitative estimate of drug-likeness (QED) is 0.307. The molecule has 5 rings (SSSR count). The first-order chi connectivity index (χ1) is 17.0. The molecule has 1 unspecified atom stereocenters. The summed E-state index contributed by atoms with van der Waals surface area (Å²) in [6.45, 7) is 8.38. The Labute approximate surface area is 207 Å². The predicted molar refractivity (Wildman–Crippen MR) is 143 cm³/mol. The molecule has 1 N–H and O–H groups in total. The fraction of sp³-hybridized carbons (Fsp3) is 0.387. The molecule has 4 heteroatoms. The van der Waals surface area contributed by atoms with E-state index in [1.807, 2.05) is 13.1 Å². The maximum atomic E-state index is 12.6. The van der Waals surface area contributed by atoms with E-state index in [9.17, 15) is 9.90 Å². The summed E-state index contributed by atoms with van der Waals surface area (Å²) in [7, 11) is 0. The number of carboxylic acids is 1. The second kappa shape index (κ2) is 9.41. The van der Waals surface area contributed by atoms with Crippen LogP contribution in [0.2, 0.25) is 0 Å². The van der Waals surface area contributed by atoms with Gasteiger partial charge < -0.3 is 5.11 Å². The van der Waals surface area contributed by atoms with Gasteiger partial charge in [-0.15, -0.1) is 0 Å². The van der Waals surface area contributed by atoms with Crippen molar-refractivity contribution in [3.8, 4) is 11.1 Å². The number of carboxylic acid groups (broad SMARTS) is 1. The standard InChI is InChI=1S/C31H34N2O2/c1-5-8-21-16-17-32-30-23(14-12-18(3)26(21)30)29-27(24(9-6-2)31(34)35)19(4)33-25-15-13-20-10-7-11-22(20)28(25)29/h12-17,24H,5-11H2,1-4H3,(H,34,35). The zero-order valence-electron chi connectivity index (χ0n) is 21.2. The minimum atomic E-state index is -0.777. The van der Waals surface area contributed by atoms with Crippen molar-refractivity contribution < 1.29 is 9.90 Å². The molecule has 2 aromatic heterocycles. The number of fused-ring (bicyclic) bond motifs is 4. The summed E-state index contributed by atoms with van der Waals surface area (Å²) in [5, 5.41) is 12.7. The molecule has 35 heavy (non-hydrogen) atoms. The van der Waals surface area contributed by atoms with Crippen molar-refractivity contribution >= 4 is 27.8 Å². The largest absolute Gasteiger partial charge is 0.481 e. The Morgan fingerprint density at radius 2 is 1.86 bits per heavy atom. The van der Waals surface area contributed by atoms with E-state index in [2.05, 4.69) is 51.1 Å². The van der Waals surface area contributed by atoms with Gasteiger partial charge in [0.1, 0.15) is 0 Å². The minimum absolute atomic E-state index is 0.587. The van der Waals surface area contributed by atoms with E-state index in [0.717, 1.165) is 77.3 Å². The molecule has 0 saturated carbocycles. The summed E-state index contributed by atoms with van der Waals surface area (Å²) in [5.74, 6) is -1.37. The van der Waals surface area contributed by atoms with Crippen LogP contribution in [0.4, 0.5) is 0 Å². The fourth-order valence-corrected chi connectivity index (χ4v) is 6.16. The molecule has 1 atom stereocenters. The first kappa shape index (κ1) is 23.5. The molecule has 4 aromatic rings. The van der Waals surface area contributed by atoms with E-state index in [1.54, 1.807) is 0 Å². The lowest BCUT2D eigenvalue weighted by atomic mass is 9.82. The summed E-state index contributed by atoms with van der Waals surface area (Å²) >= 11 is 0. The predicted octanol–water partition coefficient (Wildman–Crippen LogP) is 7.48. The van der Waals surface area contributed by atoms with Crippen molar-refractivity contribution in [2.24, 2.45) is 0 Å². The first-order valence-electron chi connectivity index (χ1n) is 13.0. The third-order valence-electron chi connectivity index (χ3n) is 7.66. The summed E-state index contributed by atoms with van der Waals surface area (Å²) in [6.07, 6.45) is 8.56. The van der Waals surface area contributed by atoms with Crippen LogP contribution >= 0.6 is 0 Å². The number of pyridine rings is 2. The molecule has 0 fully saturated rings. The number of rotatable bonds is 7. The molecule has 2 heterocycles. The number of aryl methyl sites for hydroxylation is 5. The van der Waals surface area contributed by atoms with Gasteiger partial charge in [-0.05, 0) is 91.5 Å². The molecule has 1 aliphatic rings. The highest BCUT2D eigenvalue weighted by atomic mass is 16.4. The van der Waals surface area contributed by atoms with Gasteiger partial charge in [0.05, 0.1) is 17.0 Å². The Morgan fingerprint density at radius 1 is 1.03 bits per heavy atom. The Kier molecular flexibility index (Phi) is 6.31. The van der Waals surface area contributed by atoms with Crippen molar-refractivity contribution in [1.29, 1.82) is 0 Å². The van der Waals surface area contributed by atoms with Gasteiger partial charge in [0.25, 0.3) is 0 Å². The maximum Gasteiger partial charge on any atom is 0.311 e. The van der Waals surface area contributed by atoms with E-state index in [-0.39, 0.29) is 0 Å². The molecule has 2 aromatic carbocycles. The number of aliphatic carboxylic acids is 1. The zero-order chi connectivity index (χ0) is 24.7. The Balaban J connectivity index is 1.97. The summed E-state index contributed by atoms with van der Waals surface area (Å²) in [5.41, 5.74) is 10.9. The highest BCUT2D eigenvalue weighted by molar-refractivity contribution is 6.08. The van der Waals surface area contributed by atoms with Crippen LogP contribution in [-0.4, -0.2) is 21.0 Å². The average Bonchev–Trinajstić information content (AvgIpc) is 3.32. The first-order valence-corrected chi connectivity index (χ1v) is 13.0. The highest BCUT2D eigenvalue weighted by Gasteiger charge is 2.30. The SMILES string of the molecule is CCCc1ccnc2c(-c3c(C(CCC)C(=O)O)c(C)nc4ccc5c(c34)CCC5)ccc(C)c12. The molecular formula is C31H34N2O2. The van der Waals surface area contributed by atoms with Crippen molar-refractivity contribution in [2.45, 2.75) is 78.6 Å². The second-order valence-electron chi connectivity index (χ2n) is 9.99. The van der Waals surface area contributed by atoms with Crippen molar-refractivity contribution in [1.82, 2.24) is 9.97 Å². The van der Waals surface area contributed by atoms with Crippen molar-refractivity contribution in [2.75, 3.05) is 0 Å². The highest BCUT2D eigenvalue weighted by Crippen LogP contribution is 2.45. The number of nitrogens with zero attached hydrogens (tertiary/aromatic N) is 2. The number of benzene rings is 2. The second-order valence-corrected chi connectivity index (χ2v) is 9.99. The Bertz CT molecular complexity index is 1450. The van der Waals surface area contributed by atoms with E-state index >= 15 is 0 Å². The lowest BCUT2D eigenvalue weighted by Gasteiger charge is -2.23. The van der Waals surface area contributed by atoms with Crippen LogP contribution in [0.5, 0.6) is 0 Å². The summed E-state index contributed by atoms with van der Waals surface area (Å²) in [4.78, 5) is 22.5. The zero-order valence-corrected chi connectivity index (χ0v) is 21.2. The van der Waals surface area contributed by atoms with Gasteiger partial charge >= 0.3 is 5.97 Å². The Morgan fingerprint density at radius 3 is 2.60 bits per heavy atom. The number of hydrogen-bond donors (Lipinski definition) is 1. The van der Waals surface area contributed by atoms with Crippen LogP contribution in [0, 0.1) is 13.8 Å². The molecule has 0 radical (unpaired) electrons. The number of aromatic nitrogens is 2. The molecule has 4 nitrogen and oxygen atoms in total. The molecule has 0 saturated heterocycles. The summed E-state index contributed by atoms with van der Waals surface area (Å²) in [6, 6.07) is 10.8. The van der Waals surface area contributed by atoms with Crippen LogP contribution < -0.4 is 0 Å². The van der Waals surface area contributed by atoms with E-state index < -0.39 is 11.9 Å². The van der Waals surface area contributed by atoms with Gasteiger partial charge in [0, 0.05) is 28.2 Å². The lowest BCUT2D eigenvalue weighted by molar-refractivity contribution is -0.139. The Hall–Kier alpha value is -3.27.